The lowest BCUT2D eigenvalue weighted by Crippen LogP contribution is -2.39. The van der Waals surface area contributed by atoms with Crippen molar-refractivity contribution < 1.29 is 5.11 Å². The van der Waals surface area contributed by atoms with Gasteiger partial charge in [-0.1, -0.05) is 20.8 Å². The van der Waals surface area contributed by atoms with Crippen LogP contribution in [0.3, 0.4) is 0 Å². The van der Waals surface area contributed by atoms with E-state index < -0.39 is 5.60 Å². The molecule has 4 heteroatoms. The highest BCUT2D eigenvalue weighted by Crippen LogP contribution is 2.25. The Kier molecular flexibility index (Phi) is 6.41. The molecule has 0 saturated heterocycles. The smallest absolute Gasteiger partial charge is 0.0743 e. The minimum Gasteiger partial charge on any atom is -0.389 e. The van der Waals surface area contributed by atoms with Gasteiger partial charge in [-0.2, -0.15) is 5.10 Å². The van der Waals surface area contributed by atoms with Crippen molar-refractivity contribution in [1.29, 1.82) is 0 Å². The summed E-state index contributed by atoms with van der Waals surface area (Å²) in [4.78, 5) is 0. The van der Waals surface area contributed by atoms with Crippen LogP contribution in [-0.4, -0.2) is 27.0 Å². The number of aliphatic hydroxyl groups is 1. The molecule has 0 aromatic carbocycles. The molecule has 21 heavy (non-hydrogen) atoms. The third-order valence-electron chi connectivity index (χ3n) is 4.31. The first-order valence-electron chi connectivity index (χ1n) is 8.13. The maximum Gasteiger partial charge on any atom is 0.0743 e. The van der Waals surface area contributed by atoms with Crippen molar-refractivity contribution in [1.82, 2.24) is 15.1 Å². The summed E-state index contributed by atoms with van der Waals surface area (Å²) in [5, 5.41) is 18.6. The van der Waals surface area contributed by atoms with Crippen molar-refractivity contribution in [2.45, 2.75) is 72.4 Å². The molecule has 122 valence electrons. The molecule has 1 aromatic rings. The van der Waals surface area contributed by atoms with Gasteiger partial charge < -0.3 is 10.4 Å². The predicted octanol–water partition coefficient (Wildman–Crippen LogP) is 3.26. The Bertz CT molecular complexity index is 449. The maximum atomic E-state index is 10.5. The molecule has 0 radical (unpaired) electrons. The second-order valence-corrected chi connectivity index (χ2v) is 6.98. The Morgan fingerprint density at radius 2 is 1.95 bits per heavy atom. The van der Waals surface area contributed by atoms with E-state index in [0.717, 1.165) is 25.0 Å². The van der Waals surface area contributed by atoms with Crippen molar-refractivity contribution >= 4 is 0 Å². The van der Waals surface area contributed by atoms with Gasteiger partial charge in [0.2, 0.25) is 0 Å². The van der Waals surface area contributed by atoms with Crippen LogP contribution in [0.5, 0.6) is 0 Å². The van der Waals surface area contributed by atoms with Crippen molar-refractivity contribution in [2.75, 3.05) is 6.54 Å². The first-order valence-corrected chi connectivity index (χ1v) is 8.13. The number of nitrogens with zero attached hydrogens (tertiary/aromatic N) is 2. The number of rotatable bonds is 8. The van der Waals surface area contributed by atoms with E-state index in [1.807, 2.05) is 18.7 Å². The second kappa shape index (κ2) is 7.41. The summed E-state index contributed by atoms with van der Waals surface area (Å²) in [6, 6.07) is 0.254. The molecule has 1 rings (SSSR count). The van der Waals surface area contributed by atoms with Gasteiger partial charge in [-0.3, -0.25) is 4.68 Å². The van der Waals surface area contributed by atoms with E-state index in [2.05, 4.69) is 45.0 Å². The lowest BCUT2D eigenvalue weighted by atomic mass is 9.94. The van der Waals surface area contributed by atoms with E-state index in [1.165, 1.54) is 11.3 Å². The Balaban J connectivity index is 2.70. The predicted molar refractivity (Wildman–Crippen MR) is 88.4 cm³/mol. The van der Waals surface area contributed by atoms with Gasteiger partial charge in [0.1, 0.15) is 0 Å². The Hall–Kier alpha value is -0.870. The van der Waals surface area contributed by atoms with E-state index in [-0.39, 0.29) is 6.04 Å². The summed E-state index contributed by atoms with van der Waals surface area (Å²) in [6.45, 7) is 13.3. The zero-order valence-electron chi connectivity index (χ0n) is 14.8. The van der Waals surface area contributed by atoms with Crippen molar-refractivity contribution in [3.05, 3.63) is 17.0 Å². The summed E-state index contributed by atoms with van der Waals surface area (Å²) in [7, 11) is 1.98. The zero-order chi connectivity index (χ0) is 16.2. The number of hydrogen-bond acceptors (Lipinski definition) is 3. The molecule has 1 heterocycles. The molecule has 0 aliphatic rings. The van der Waals surface area contributed by atoms with Crippen LogP contribution in [-0.2, 0) is 7.05 Å². The average molecular weight is 295 g/mol. The second-order valence-electron chi connectivity index (χ2n) is 6.98. The fourth-order valence-corrected chi connectivity index (χ4v) is 2.78. The van der Waals surface area contributed by atoms with Crippen LogP contribution in [0.15, 0.2) is 0 Å². The van der Waals surface area contributed by atoms with Gasteiger partial charge in [-0.15, -0.1) is 0 Å². The van der Waals surface area contributed by atoms with Crippen molar-refractivity contribution in [3.8, 4) is 0 Å². The summed E-state index contributed by atoms with van der Waals surface area (Å²) in [5.41, 5.74) is 2.91. The molecule has 0 aliphatic carbocycles. The van der Waals surface area contributed by atoms with Crippen molar-refractivity contribution in [2.24, 2.45) is 13.0 Å². The summed E-state index contributed by atoms with van der Waals surface area (Å²) < 4.78 is 1.94. The molecule has 0 fully saturated rings. The molecule has 0 spiro atoms. The van der Waals surface area contributed by atoms with Gasteiger partial charge in [0.15, 0.2) is 0 Å². The standard InChI is InChI=1S/C17H33N3O/c1-8-15(16-13(4)19-20(7)14(16)5)18-11-17(6,21)10-9-12(2)3/h12,15,18,21H,8-11H2,1-7H3. The highest BCUT2D eigenvalue weighted by atomic mass is 16.3. The van der Waals surface area contributed by atoms with Gasteiger partial charge in [0.25, 0.3) is 0 Å². The topological polar surface area (TPSA) is 50.1 Å². The normalized spacial score (nSPS) is 16.2. The van der Waals surface area contributed by atoms with E-state index in [9.17, 15) is 5.11 Å². The van der Waals surface area contributed by atoms with Gasteiger partial charge in [-0.05, 0) is 46.0 Å². The van der Waals surface area contributed by atoms with Gasteiger partial charge >= 0.3 is 0 Å². The average Bonchev–Trinajstić information content (AvgIpc) is 2.64. The summed E-state index contributed by atoms with van der Waals surface area (Å²) in [6.07, 6.45) is 2.88. The quantitative estimate of drug-likeness (QED) is 0.774. The zero-order valence-corrected chi connectivity index (χ0v) is 14.8. The number of aryl methyl sites for hydroxylation is 2. The van der Waals surface area contributed by atoms with Crippen LogP contribution in [0.25, 0.3) is 0 Å². The number of nitrogens with one attached hydrogen (secondary N) is 1. The molecule has 0 bridgehead atoms. The number of hydrogen-bond donors (Lipinski definition) is 2. The van der Waals surface area contributed by atoms with E-state index in [1.54, 1.807) is 0 Å². The molecule has 0 saturated carbocycles. The molecule has 0 amide bonds. The monoisotopic (exact) mass is 295 g/mol. The van der Waals surface area contributed by atoms with Crippen LogP contribution in [0.2, 0.25) is 0 Å². The minimum atomic E-state index is -0.651. The Morgan fingerprint density at radius 1 is 1.33 bits per heavy atom. The van der Waals surface area contributed by atoms with E-state index in [4.69, 9.17) is 0 Å². The van der Waals surface area contributed by atoms with Crippen LogP contribution in [0.4, 0.5) is 0 Å². The first-order chi connectivity index (χ1) is 9.68. The van der Waals surface area contributed by atoms with Gasteiger partial charge in [0.05, 0.1) is 11.3 Å². The molecule has 1 aromatic heterocycles. The van der Waals surface area contributed by atoms with Crippen LogP contribution >= 0.6 is 0 Å². The number of aromatic nitrogens is 2. The fourth-order valence-electron chi connectivity index (χ4n) is 2.78. The van der Waals surface area contributed by atoms with Crippen LogP contribution in [0.1, 0.15) is 70.0 Å². The fraction of sp³-hybridized carbons (Fsp3) is 0.824. The molecule has 4 nitrogen and oxygen atoms in total. The van der Waals surface area contributed by atoms with E-state index >= 15 is 0 Å². The molecule has 2 atom stereocenters. The first kappa shape index (κ1) is 18.2. The molecular weight excluding hydrogens is 262 g/mol. The highest BCUT2D eigenvalue weighted by Gasteiger charge is 2.24. The van der Waals surface area contributed by atoms with Crippen LogP contribution in [0, 0.1) is 19.8 Å². The largest absolute Gasteiger partial charge is 0.389 e. The molecular formula is C17H33N3O. The lowest BCUT2D eigenvalue weighted by Gasteiger charge is -2.28. The van der Waals surface area contributed by atoms with Gasteiger partial charge in [0, 0.05) is 30.9 Å². The SMILES string of the molecule is CCC(NCC(C)(O)CCC(C)C)c1c(C)nn(C)c1C. The Morgan fingerprint density at radius 3 is 2.38 bits per heavy atom. The minimum absolute atomic E-state index is 0.254. The lowest BCUT2D eigenvalue weighted by molar-refractivity contribution is 0.0423. The summed E-state index contributed by atoms with van der Waals surface area (Å²) >= 11 is 0. The third-order valence-corrected chi connectivity index (χ3v) is 4.31. The summed E-state index contributed by atoms with van der Waals surface area (Å²) in [5.74, 6) is 0.626. The van der Waals surface area contributed by atoms with Crippen molar-refractivity contribution in [3.63, 3.8) is 0 Å². The molecule has 2 N–H and O–H groups in total. The molecule has 0 aliphatic heterocycles. The van der Waals surface area contributed by atoms with E-state index in [0.29, 0.717) is 12.5 Å². The molecule has 2 unspecified atom stereocenters. The highest BCUT2D eigenvalue weighted by molar-refractivity contribution is 5.28. The van der Waals surface area contributed by atoms with Gasteiger partial charge in [-0.25, -0.2) is 0 Å². The maximum absolute atomic E-state index is 10.5. The third kappa shape index (κ3) is 5.11. The van der Waals surface area contributed by atoms with Crippen LogP contribution < -0.4 is 5.32 Å². The Labute approximate surface area is 129 Å².